The molecule has 0 aliphatic carbocycles. The highest BCUT2D eigenvalue weighted by molar-refractivity contribution is 9.10. The molecule has 0 amide bonds. The molecule has 11 heavy (non-hydrogen) atoms. The summed E-state index contributed by atoms with van der Waals surface area (Å²) in [6, 6.07) is 0. The first-order valence-corrected chi connectivity index (χ1v) is 3.67. The number of rotatable bonds is 1. The molecule has 0 spiro atoms. The third kappa shape index (κ3) is 1.25. The quantitative estimate of drug-likeness (QED) is 0.530. The van der Waals surface area contributed by atoms with E-state index in [0.29, 0.717) is 10.3 Å². The molecule has 1 heterocycles. The lowest BCUT2D eigenvalue weighted by molar-refractivity contribution is -0.386. The van der Waals surface area contributed by atoms with Crippen LogP contribution < -0.4 is 0 Å². The first-order chi connectivity index (χ1) is 5.04. The lowest BCUT2D eigenvalue weighted by Gasteiger charge is -1.88. The van der Waals surface area contributed by atoms with E-state index in [1.54, 1.807) is 14.0 Å². The van der Waals surface area contributed by atoms with Crippen molar-refractivity contribution in [2.24, 2.45) is 7.05 Å². The summed E-state index contributed by atoms with van der Waals surface area (Å²) < 4.78 is 1.83. The Bertz CT molecular complexity index is 307. The van der Waals surface area contributed by atoms with Crippen LogP contribution in [0.3, 0.4) is 0 Å². The van der Waals surface area contributed by atoms with Gasteiger partial charge in [-0.05, 0) is 22.9 Å². The highest BCUT2D eigenvalue weighted by Crippen LogP contribution is 2.26. The van der Waals surface area contributed by atoms with Gasteiger partial charge in [0.2, 0.25) is 0 Å². The Morgan fingerprint density at radius 2 is 2.27 bits per heavy atom. The zero-order valence-electron chi connectivity index (χ0n) is 6.04. The maximum atomic E-state index is 10.4. The summed E-state index contributed by atoms with van der Waals surface area (Å²) in [7, 11) is 1.64. The minimum absolute atomic E-state index is 0.0347. The fourth-order valence-corrected chi connectivity index (χ4v) is 1.34. The fraction of sp³-hybridized carbons (Fsp3) is 0.400. The third-order valence-electron chi connectivity index (χ3n) is 1.30. The van der Waals surface area contributed by atoms with Crippen molar-refractivity contribution in [1.82, 2.24) is 9.78 Å². The molecular weight excluding hydrogens is 214 g/mol. The standard InChI is InChI=1S/C5H6BrN3O2/c1-3-4(9(10)11)5(6)8(2)7-3/h1-2H3. The Morgan fingerprint density at radius 1 is 1.73 bits per heavy atom. The van der Waals surface area contributed by atoms with Gasteiger partial charge in [0.25, 0.3) is 0 Å². The van der Waals surface area contributed by atoms with Crippen molar-refractivity contribution in [2.75, 3.05) is 0 Å². The van der Waals surface area contributed by atoms with Crippen LogP contribution in [-0.2, 0) is 7.05 Å². The fourth-order valence-electron chi connectivity index (χ4n) is 0.826. The largest absolute Gasteiger partial charge is 0.324 e. The van der Waals surface area contributed by atoms with Crippen LogP contribution in [0.2, 0.25) is 0 Å². The molecule has 1 aromatic rings. The topological polar surface area (TPSA) is 61.0 Å². The second-order valence-electron chi connectivity index (χ2n) is 2.11. The minimum atomic E-state index is -0.452. The Hall–Kier alpha value is -0.910. The van der Waals surface area contributed by atoms with E-state index in [-0.39, 0.29) is 5.69 Å². The van der Waals surface area contributed by atoms with Crippen LogP contribution in [0.25, 0.3) is 0 Å². The van der Waals surface area contributed by atoms with E-state index in [9.17, 15) is 10.1 Å². The SMILES string of the molecule is Cc1nn(C)c(Br)c1[N+](=O)[O-]. The van der Waals surface area contributed by atoms with E-state index in [4.69, 9.17) is 0 Å². The van der Waals surface area contributed by atoms with Crippen molar-refractivity contribution in [3.05, 3.63) is 20.4 Å². The van der Waals surface area contributed by atoms with Gasteiger partial charge in [0.1, 0.15) is 5.69 Å². The molecule has 5 nitrogen and oxygen atoms in total. The molecule has 0 saturated carbocycles. The minimum Gasteiger partial charge on any atom is -0.258 e. The Kier molecular flexibility index (Phi) is 1.95. The van der Waals surface area contributed by atoms with Crippen molar-refractivity contribution < 1.29 is 4.92 Å². The highest BCUT2D eigenvalue weighted by atomic mass is 79.9. The van der Waals surface area contributed by atoms with Gasteiger partial charge in [-0.15, -0.1) is 0 Å². The molecule has 1 aromatic heterocycles. The van der Waals surface area contributed by atoms with Gasteiger partial charge in [0, 0.05) is 7.05 Å². The Morgan fingerprint density at radius 3 is 2.45 bits per heavy atom. The molecule has 0 N–H and O–H groups in total. The summed E-state index contributed by atoms with van der Waals surface area (Å²) in [6.45, 7) is 1.60. The maximum absolute atomic E-state index is 10.4. The second-order valence-corrected chi connectivity index (χ2v) is 2.86. The van der Waals surface area contributed by atoms with E-state index >= 15 is 0 Å². The van der Waals surface area contributed by atoms with Crippen molar-refractivity contribution in [2.45, 2.75) is 6.92 Å². The zero-order chi connectivity index (χ0) is 8.59. The van der Waals surface area contributed by atoms with Gasteiger partial charge in [-0.3, -0.25) is 14.8 Å². The summed E-state index contributed by atoms with van der Waals surface area (Å²) in [4.78, 5) is 9.93. The van der Waals surface area contributed by atoms with Gasteiger partial charge in [-0.1, -0.05) is 0 Å². The molecule has 1 rings (SSSR count). The van der Waals surface area contributed by atoms with E-state index in [1.165, 1.54) is 4.68 Å². The molecule has 0 unspecified atom stereocenters. The van der Waals surface area contributed by atoms with Crippen molar-refractivity contribution in [3.63, 3.8) is 0 Å². The highest BCUT2D eigenvalue weighted by Gasteiger charge is 2.21. The normalized spacial score (nSPS) is 10.1. The van der Waals surface area contributed by atoms with E-state index in [0.717, 1.165) is 0 Å². The maximum Gasteiger partial charge on any atom is 0.324 e. The van der Waals surface area contributed by atoms with Crippen LogP contribution >= 0.6 is 15.9 Å². The lowest BCUT2D eigenvalue weighted by atomic mass is 10.4. The average Bonchev–Trinajstić information content (AvgIpc) is 2.07. The summed E-state index contributed by atoms with van der Waals surface area (Å²) >= 11 is 3.06. The smallest absolute Gasteiger partial charge is 0.258 e. The van der Waals surface area contributed by atoms with Crippen LogP contribution in [0, 0.1) is 17.0 Å². The van der Waals surface area contributed by atoms with Gasteiger partial charge in [0.15, 0.2) is 4.60 Å². The predicted molar refractivity (Wildman–Crippen MR) is 42.3 cm³/mol. The van der Waals surface area contributed by atoms with Crippen molar-refractivity contribution in [3.8, 4) is 0 Å². The molecule has 0 fully saturated rings. The van der Waals surface area contributed by atoms with Gasteiger partial charge < -0.3 is 0 Å². The van der Waals surface area contributed by atoms with Crippen LogP contribution in [0.4, 0.5) is 5.69 Å². The number of hydrogen-bond acceptors (Lipinski definition) is 3. The molecule has 0 aliphatic rings. The van der Waals surface area contributed by atoms with Crippen LogP contribution in [0.5, 0.6) is 0 Å². The van der Waals surface area contributed by atoms with Crippen molar-refractivity contribution in [1.29, 1.82) is 0 Å². The first kappa shape index (κ1) is 8.19. The molecule has 0 aliphatic heterocycles. The molecule has 0 atom stereocenters. The molecule has 0 aromatic carbocycles. The van der Waals surface area contributed by atoms with Gasteiger partial charge >= 0.3 is 5.69 Å². The third-order valence-corrected chi connectivity index (χ3v) is 2.19. The van der Waals surface area contributed by atoms with Crippen LogP contribution in [-0.4, -0.2) is 14.7 Å². The molecule has 0 bridgehead atoms. The van der Waals surface area contributed by atoms with E-state index in [1.807, 2.05) is 0 Å². The van der Waals surface area contributed by atoms with Crippen LogP contribution in [0.1, 0.15) is 5.69 Å². The zero-order valence-corrected chi connectivity index (χ0v) is 7.62. The summed E-state index contributed by atoms with van der Waals surface area (Å²) in [5.41, 5.74) is 0.455. The number of halogens is 1. The van der Waals surface area contributed by atoms with E-state index < -0.39 is 4.92 Å². The number of aromatic nitrogens is 2. The molecule has 0 radical (unpaired) electrons. The molecule has 6 heteroatoms. The Balaban J connectivity index is 3.34. The number of aryl methyl sites for hydroxylation is 2. The monoisotopic (exact) mass is 219 g/mol. The van der Waals surface area contributed by atoms with Gasteiger partial charge in [-0.25, -0.2) is 0 Å². The lowest BCUT2D eigenvalue weighted by Crippen LogP contribution is -1.90. The van der Waals surface area contributed by atoms with Crippen LogP contribution in [0.15, 0.2) is 4.60 Å². The number of nitrogens with zero attached hydrogens (tertiary/aromatic N) is 3. The predicted octanol–water partition coefficient (Wildman–Crippen LogP) is 1.40. The molecule has 60 valence electrons. The molecular formula is C5H6BrN3O2. The number of nitro groups is 1. The summed E-state index contributed by atoms with van der Waals surface area (Å²) in [5, 5.41) is 14.2. The summed E-state index contributed by atoms with van der Waals surface area (Å²) in [6.07, 6.45) is 0. The van der Waals surface area contributed by atoms with Crippen molar-refractivity contribution >= 4 is 21.6 Å². The average molecular weight is 220 g/mol. The van der Waals surface area contributed by atoms with E-state index in [2.05, 4.69) is 21.0 Å². The first-order valence-electron chi connectivity index (χ1n) is 2.87. The molecule has 0 saturated heterocycles. The Labute approximate surface area is 71.3 Å². The summed E-state index contributed by atoms with van der Waals surface area (Å²) in [5.74, 6) is 0. The number of hydrogen-bond donors (Lipinski definition) is 0. The van der Waals surface area contributed by atoms with Gasteiger partial charge in [-0.2, -0.15) is 5.10 Å². The second kappa shape index (κ2) is 2.61. The van der Waals surface area contributed by atoms with Gasteiger partial charge in [0.05, 0.1) is 4.92 Å².